The number of nitrogens with one attached hydrogen (secondary N) is 1. The van der Waals surface area contributed by atoms with E-state index in [9.17, 15) is 0 Å². The van der Waals surface area contributed by atoms with Crippen LogP contribution in [0.2, 0.25) is 0 Å². The molecule has 114 valence electrons. The average Bonchev–Trinajstić information content (AvgIpc) is 2.87. The third kappa shape index (κ3) is 3.12. The maximum Gasteiger partial charge on any atom is 0.161 e. The minimum absolute atomic E-state index is 0.209. The summed E-state index contributed by atoms with van der Waals surface area (Å²) in [5, 5.41) is 4.41. The predicted octanol–water partition coefficient (Wildman–Crippen LogP) is 3.10. The summed E-state index contributed by atoms with van der Waals surface area (Å²) in [5.74, 6) is 6.56. The number of benzene rings is 1. The zero-order valence-corrected chi connectivity index (χ0v) is 14.3. The first kappa shape index (κ1) is 16.0. The zero-order valence-electron chi connectivity index (χ0n) is 12.7. The van der Waals surface area contributed by atoms with E-state index in [1.165, 1.54) is 5.56 Å². The van der Waals surface area contributed by atoms with Gasteiger partial charge in [-0.25, -0.2) is 5.43 Å². The highest BCUT2D eigenvalue weighted by Gasteiger charge is 2.25. The summed E-state index contributed by atoms with van der Waals surface area (Å²) in [6.07, 6.45) is 1.73. The molecule has 0 aliphatic rings. The van der Waals surface area contributed by atoms with Crippen LogP contribution in [0.5, 0.6) is 5.75 Å². The van der Waals surface area contributed by atoms with Gasteiger partial charge < -0.3 is 4.74 Å². The number of ether oxygens (including phenoxy) is 1. The lowest BCUT2D eigenvalue weighted by Gasteiger charge is -2.22. The highest BCUT2D eigenvalue weighted by molar-refractivity contribution is 9.10. The van der Waals surface area contributed by atoms with Crippen molar-refractivity contribution in [3.05, 3.63) is 45.7 Å². The van der Waals surface area contributed by atoms with Crippen LogP contribution in [0, 0.1) is 6.92 Å². The standard InChI is InChI=1S/C15H21BrN4O/c1-9(2)20-15(13(21-4)8-18-20)14(19-17)11-7-10(3)5-6-12(11)16/h5-9,14,19H,17H2,1-4H3. The summed E-state index contributed by atoms with van der Waals surface area (Å²) in [7, 11) is 1.64. The number of aryl methyl sites for hydroxylation is 1. The van der Waals surface area contributed by atoms with Gasteiger partial charge in [-0.05, 0) is 32.4 Å². The van der Waals surface area contributed by atoms with Crippen LogP contribution in [0.15, 0.2) is 28.9 Å². The molecule has 0 amide bonds. The van der Waals surface area contributed by atoms with Gasteiger partial charge in [-0.3, -0.25) is 10.5 Å². The molecule has 0 bridgehead atoms. The molecule has 0 radical (unpaired) electrons. The van der Waals surface area contributed by atoms with Crippen LogP contribution in [0.1, 0.15) is 42.8 Å². The number of aromatic nitrogens is 2. The number of rotatable bonds is 5. The van der Waals surface area contributed by atoms with Crippen molar-refractivity contribution < 1.29 is 4.74 Å². The Morgan fingerprint density at radius 3 is 2.67 bits per heavy atom. The SMILES string of the molecule is COc1cnn(C(C)C)c1C(NN)c1cc(C)ccc1Br. The van der Waals surface area contributed by atoms with Crippen molar-refractivity contribution in [1.29, 1.82) is 0 Å². The molecule has 0 fully saturated rings. The maximum atomic E-state index is 5.84. The Kier molecular flexibility index (Phi) is 5.03. The van der Waals surface area contributed by atoms with Crippen molar-refractivity contribution in [3.63, 3.8) is 0 Å². The Hall–Kier alpha value is -1.37. The van der Waals surface area contributed by atoms with Crippen LogP contribution < -0.4 is 16.0 Å². The Balaban J connectivity index is 2.61. The largest absolute Gasteiger partial charge is 0.493 e. The molecular weight excluding hydrogens is 332 g/mol. The first-order valence-electron chi connectivity index (χ1n) is 6.83. The molecular formula is C15H21BrN4O. The Morgan fingerprint density at radius 2 is 2.10 bits per heavy atom. The molecule has 21 heavy (non-hydrogen) atoms. The van der Waals surface area contributed by atoms with E-state index >= 15 is 0 Å². The Labute approximate surface area is 133 Å². The third-order valence-electron chi connectivity index (χ3n) is 3.41. The van der Waals surface area contributed by atoms with Crippen LogP contribution in [0.4, 0.5) is 0 Å². The summed E-state index contributed by atoms with van der Waals surface area (Å²) in [4.78, 5) is 0. The molecule has 3 N–H and O–H groups in total. The van der Waals surface area contributed by atoms with Gasteiger partial charge in [0.2, 0.25) is 0 Å². The Morgan fingerprint density at radius 1 is 1.38 bits per heavy atom. The van der Waals surface area contributed by atoms with Gasteiger partial charge in [-0.1, -0.05) is 33.6 Å². The number of hydrogen-bond donors (Lipinski definition) is 2. The van der Waals surface area contributed by atoms with Crippen molar-refractivity contribution in [3.8, 4) is 5.75 Å². The number of methoxy groups -OCH3 is 1. The quantitative estimate of drug-likeness (QED) is 0.640. The van der Waals surface area contributed by atoms with Gasteiger partial charge in [0, 0.05) is 10.5 Å². The van der Waals surface area contributed by atoms with Crippen LogP contribution >= 0.6 is 15.9 Å². The van der Waals surface area contributed by atoms with E-state index in [2.05, 4.69) is 59.4 Å². The van der Waals surface area contributed by atoms with Crippen molar-refractivity contribution in [2.24, 2.45) is 5.84 Å². The van der Waals surface area contributed by atoms with E-state index in [1.54, 1.807) is 13.3 Å². The summed E-state index contributed by atoms with van der Waals surface area (Å²) in [6, 6.07) is 6.18. The first-order chi connectivity index (χ1) is 9.99. The molecule has 6 heteroatoms. The molecule has 1 unspecified atom stereocenters. The summed E-state index contributed by atoms with van der Waals surface area (Å²) < 4.78 is 8.38. The van der Waals surface area contributed by atoms with Gasteiger partial charge in [0.25, 0.3) is 0 Å². The molecule has 2 aromatic rings. The monoisotopic (exact) mass is 352 g/mol. The molecule has 0 aliphatic carbocycles. The smallest absolute Gasteiger partial charge is 0.161 e. The topological polar surface area (TPSA) is 65.1 Å². The third-order valence-corrected chi connectivity index (χ3v) is 4.13. The highest BCUT2D eigenvalue weighted by atomic mass is 79.9. The highest BCUT2D eigenvalue weighted by Crippen LogP contribution is 2.35. The number of nitrogens with two attached hydrogens (primary N) is 1. The molecule has 2 rings (SSSR count). The molecule has 0 aliphatic heterocycles. The normalized spacial score (nSPS) is 12.7. The van der Waals surface area contributed by atoms with Gasteiger partial charge in [0.05, 0.1) is 19.3 Å². The fourth-order valence-electron chi connectivity index (χ4n) is 2.40. The van der Waals surface area contributed by atoms with E-state index in [0.29, 0.717) is 0 Å². The minimum Gasteiger partial charge on any atom is -0.493 e. The summed E-state index contributed by atoms with van der Waals surface area (Å²) in [6.45, 7) is 6.21. The first-order valence-corrected chi connectivity index (χ1v) is 7.62. The van der Waals surface area contributed by atoms with E-state index in [1.807, 2.05) is 10.7 Å². The number of hydrogen-bond acceptors (Lipinski definition) is 4. The molecule has 0 saturated carbocycles. The second-order valence-corrected chi connectivity index (χ2v) is 6.12. The number of halogens is 1. The molecule has 1 heterocycles. The molecule has 1 atom stereocenters. The van der Waals surface area contributed by atoms with Gasteiger partial charge in [0.1, 0.15) is 5.69 Å². The van der Waals surface area contributed by atoms with E-state index < -0.39 is 0 Å². The predicted molar refractivity (Wildman–Crippen MR) is 87.2 cm³/mol. The van der Waals surface area contributed by atoms with Crippen LogP contribution in [-0.4, -0.2) is 16.9 Å². The van der Waals surface area contributed by atoms with E-state index in [4.69, 9.17) is 10.6 Å². The van der Waals surface area contributed by atoms with Gasteiger partial charge in [-0.2, -0.15) is 5.10 Å². The summed E-state index contributed by atoms with van der Waals surface area (Å²) in [5.41, 5.74) is 6.03. The van der Waals surface area contributed by atoms with Crippen molar-refractivity contribution >= 4 is 15.9 Å². The van der Waals surface area contributed by atoms with Crippen molar-refractivity contribution in [1.82, 2.24) is 15.2 Å². The zero-order chi connectivity index (χ0) is 15.6. The fourth-order valence-corrected chi connectivity index (χ4v) is 2.88. The van der Waals surface area contributed by atoms with E-state index in [0.717, 1.165) is 21.5 Å². The van der Waals surface area contributed by atoms with Crippen molar-refractivity contribution in [2.75, 3.05) is 7.11 Å². The lowest BCUT2D eigenvalue weighted by atomic mass is 10.0. The maximum absolute atomic E-state index is 5.84. The van der Waals surface area contributed by atoms with Gasteiger partial charge >= 0.3 is 0 Å². The van der Waals surface area contributed by atoms with Crippen LogP contribution in [0.3, 0.4) is 0 Å². The van der Waals surface area contributed by atoms with E-state index in [-0.39, 0.29) is 12.1 Å². The lowest BCUT2D eigenvalue weighted by molar-refractivity contribution is 0.394. The Bertz CT molecular complexity index is 624. The second kappa shape index (κ2) is 6.60. The van der Waals surface area contributed by atoms with Gasteiger partial charge in [-0.15, -0.1) is 0 Å². The molecule has 0 spiro atoms. The average molecular weight is 353 g/mol. The molecule has 5 nitrogen and oxygen atoms in total. The fraction of sp³-hybridized carbons (Fsp3) is 0.400. The van der Waals surface area contributed by atoms with Crippen LogP contribution in [0.25, 0.3) is 0 Å². The molecule has 0 saturated heterocycles. The number of nitrogens with zero attached hydrogens (tertiary/aromatic N) is 2. The molecule has 1 aromatic carbocycles. The summed E-state index contributed by atoms with van der Waals surface area (Å²) >= 11 is 3.60. The van der Waals surface area contributed by atoms with Gasteiger partial charge in [0.15, 0.2) is 5.75 Å². The van der Waals surface area contributed by atoms with Crippen LogP contribution in [-0.2, 0) is 0 Å². The molecule has 1 aromatic heterocycles. The number of hydrazine groups is 1. The van der Waals surface area contributed by atoms with Crippen molar-refractivity contribution in [2.45, 2.75) is 32.9 Å². The minimum atomic E-state index is -0.209. The second-order valence-electron chi connectivity index (χ2n) is 5.26. The lowest BCUT2D eigenvalue weighted by Crippen LogP contribution is -2.31.